The molecule has 0 aromatic carbocycles. The summed E-state index contributed by atoms with van der Waals surface area (Å²) in [7, 11) is 0. The minimum atomic E-state index is 0.389. The van der Waals surface area contributed by atoms with Crippen LogP contribution in [0.3, 0.4) is 0 Å². The Morgan fingerprint density at radius 2 is 1.84 bits per heavy atom. The zero-order valence-electron chi connectivity index (χ0n) is 12.4. The highest BCUT2D eigenvalue weighted by Gasteiger charge is 2.12. The fraction of sp³-hybridized carbons (Fsp3) is 0.769. The van der Waals surface area contributed by atoms with E-state index in [9.17, 15) is 0 Å². The summed E-state index contributed by atoms with van der Waals surface area (Å²) in [6, 6.07) is 0.389. The average Bonchev–Trinajstić information content (AvgIpc) is 2.42. The third-order valence-corrected chi connectivity index (χ3v) is 2.57. The van der Waals surface area contributed by atoms with Crippen molar-refractivity contribution in [2.45, 2.75) is 40.5 Å². The van der Waals surface area contributed by atoms with Gasteiger partial charge in [-0.25, -0.2) is 0 Å². The molecule has 19 heavy (non-hydrogen) atoms. The predicted molar refractivity (Wildman–Crippen MR) is 78.0 cm³/mol. The van der Waals surface area contributed by atoms with Gasteiger partial charge in [-0.15, -0.1) is 0 Å². The van der Waals surface area contributed by atoms with Crippen molar-refractivity contribution in [2.75, 3.05) is 36.5 Å². The Hall–Kier alpha value is -1.59. The third-order valence-electron chi connectivity index (χ3n) is 2.57. The molecule has 0 spiro atoms. The summed E-state index contributed by atoms with van der Waals surface area (Å²) in [5, 5.41) is 3.19. The first-order valence-corrected chi connectivity index (χ1v) is 7.12. The SMILES string of the molecule is CCCNc1nc(OCC)nc(N(CC)CCC)n1. The quantitative estimate of drug-likeness (QED) is 0.741. The molecule has 6 heteroatoms. The van der Waals surface area contributed by atoms with E-state index in [-0.39, 0.29) is 0 Å². The number of nitrogens with one attached hydrogen (secondary N) is 1. The molecule has 0 aliphatic rings. The lowest BCUT2D eigenvalue weighted by Gasteiger charge is -2.20. The van der Waals surface area contributed by atoms with Crippen LogP contribution in [0.4, 0.5) is 11.9 Å². The monoisotopic (exact) mass is 267 g/mol. The maximum atomic E-state index is 5.41. The second kappa shape index (κ2) is 8.50. The normalized spacial score (nSPS) is 10.3. The Labute approximate surface area is 115 Å². The summed E-state index contributed by atoms with van der Waals surface area (Å²) in [5.74, 6) is 1.27. The van der Waals surface area contributed by atoms with Crippen molar-refractivity contribution in [3.8, 4) is 6.01 Å². The highest BCUT2D eigenvalue weighted by atomic mass is 16.5. The lowest BCUT2D eigenvalue weighted by molar-refractivity contribution is 0.312. The molecule has 0 saturated carbocycles. The molecule has 1 aromatic rings. The van der Waals surface area contributed by atoms with Gasteiger partial charge in [-0.05, 0) is 26.7 Å². The van der Waals surface area contributed by atoms with E-state index in [1.54, 1.807) is 0 Å². The molecule has 1 N–H and O–H groups in total. The molecule has 0 radical (unpaired) electrons. The molecule has 0 aliphatic heterocycles. The second-order valence-electron chi connectivity index (χ2n) is 4.18. The lowest BCUT2D eigenvalue weighted by atomic mass is 10.4. The molecule has 0 fully saturated rings. The number of nitrogens with zero attached hydrogens (tertiary/aromatic N) is 4. The summed E-state index contributed by atoms with van der Waals surface area (Å²) in [6.45, 7) is 11.5. The second-order valence-corrected chi connectivity index (χ2v) is 4.18. The van der Waals surface area contributed by atoms with Gasteiger partial charge in [-0.1, -0.05) is 13.8 Å². The van der Waals surface area contributed by atoms with E-state index < -0.39 is 0 Å². The number of hydrogen-bond donors (Lipinski definition) is 1. The number of anilines is 2. The molecule has 0 atom stereocenters. The molecular weight excluding hydrogens is 242 g/mol. The molecule has 0 saturated heterocycles. The molecular formula is C13H25N5O. The van der Waals surface area contributed by atoms with Crippen molar-refractivity contribution in [3.63, 3.8) is 0 Å². The Bertz CT molecular complexity index is 372. The van der Waals surface area contributed by atoms with Crippen LogP contribution in [0.1, 0.15) is 40.5 Å². The molecule has 0 aliphatic carbocycles. The topological polar surface area (TPSA) is 63.2 Å². The highest BCUT2D eigenvalue weighted by Crippen LogP contribution is 2.15. The van der Waals surface area contributed by atoms with Crippen LogP contribution in [-0.4, -0.2) is 41.2 Å². The fourth-order valence-electron chi connectivity index (χ4n) is 1.67. The first kappa shape index (κ1) is 15.5. The van der Waals surface area contributed by atoms with Crippen molar-refractivity contribution in [1.29, 1.82) is 0 Å². The number of hydrogen-bond acceptors (Lipinski definition) is 6. The van der Waals surface area contributed by atoms with Gasteiger partial charge in [0.15, 0.2) is 0 Å². The Kier molecular flexibility index (Phi) is 6.92. The maximum Gasteiger partial charge on any atom is 0.323 e. The van der Waals surface area contributed by atoms with Crippen LogP contribution in [0.2, 0.25) is 0 Å². The van der Waals surface area contributed by atoms with Crippen LogP contribution in [-0.2, 0) is 0 Å². The van der Waals surface area contributed by atoms with Gasteiger partial charge in [0, 0.05) is 19.6 Å². The van der Waals surface area contributed by atoms with E-state index in [1.807, 2.05) is 6.92 Å². The number of ether oxygens (including phenoxy) is 1. The van der Waals surface area contributed by atoms with E-state index in [4.69, 9.17) is 4.74 Å². The van der Waals surface area contributed by atoms with Crippen LogP contribution in [0.5, 0.6) is 6.01 Å². The van der Waals surface area contributed by atoms with Gasteiger partial charge in [0.25, 0.3) is 0 Å². The van der Waals surface area contributed by atoms with Crippen LogP contribution in [0.25, 0.3) is 0 Å². The minimum absolute atomic E-state index is 0.389. The highest BCUT2D eigenvalue weighted by molar-refractivity contribution is 5.38. The summed E-state index contributed by atoms with van der Waals surface area (Å²) < 4.78 is 5.41. The van der Waals surface area contributed by atoms with E-state index >= 15 is 0 Å². The van der Waals surface area contributed by atoms with Crippen molar-refractivity contribution in [3.05, 3.63) is 0 Å². The van der Waals surface area contributed by atoms with E-state index in [0.717, 1.165) is 32.5 Å². The maximum absolute atomic E-state index is 5.41. The minimum Gasteiger partial charge on any atom is -0.464 e. The van der Waals surface area contributed by atoms with Gasteiger partial charge < -0.3 is 15.0 Å². The van der Waals surface area contributed by atoms with Gasteiger partial charge in [-0.3, -0.25) is 0 Å². The Morgan fingerprint density at radius 3 is 2.42 bits per heavy atom. The number of aromatic nitrogens is 3. The summed E-state index contributed by atoms with van der Waals surface area (Å²) in [4.78, 5) is 15.2. The van der Waals surface area contributed by atoms with E-state index in [1.165, 1.54) is 0 Å². The summed E-state index contributed by atoms with van der Waals surface area (Å²) in [5.41, 5.74) is 0. The molecule has 0 unspecified atom stereocenters. The van der Waals surface area contributed by atoms with Gasteiger partial charge in [0.1, 0.15) is 0 Å². The standard InChI is InChI=1S/C13H25N5O/c1-5-9-14-11-15-12(18(7-3)10-6-2)17-13(16-11)19-8-4/h5-10H2,1-4H3,(H,14,15,16,17). The molecule has 108 valence electrons. The van der Waals surface area contributed by atoms with Crippen LogP contribution >= 0.6 is 0 Å². The van der Waals surface area contributed by atoms with E-state index in [0.29, 0.717) is 24.5 Å². The predicted octanol–water partition coefficient (Wildman–Crippen LogP) is 2.33. The van der Waals surface area contributed by atoms with Crippen molar-refractivity contribution in [2.24, 2.45) is 0 Å². The number of rotatable bonds is 9. The van der Waals surface area contributed by atoms with Gasteiger partial charge in [0.05, 0.1) is 6.61 Å². The fourth-order valence-corrected chi connectivity index (χ4v) is 1.67. The van der Waals surface area contributed by atoms with Gasteiger partial charge in [-0.2, -0.15) is 15.0 Å². The molecule has 1 rings (SSSR count). The zero-order chi connectivity index (χ0) is 14.1. The molecule has 1 aromatic heterocycles. The molecule has 0 amide bonds. The average molecular weight is 267 g/mol. The largest absolute Gasteiger partial charge is 0.464 e. The first-order valence-electron chi connectivity index (χ1n) is 7.12. The van der Waals surface area contributed by atoms with Crippen molar-refractivity contribution >= 4 is 11.9 Å². The van der Waals surface area contributed by atoms with Crippen LogP contribution in [0.15, 0.2) is 0 Å². The molecule has 1 heterocycles. The van der Waals surface area contributed by atoms with Crippen molar-refractivity contribution in [1.82, 2.24) is 15.0 Å². The lowest BCUT2D eigenvalue weighted by Crippen LogP contribution is -2.26. The van der Waals surface area contributed by atoms with Gasteiger partial charge in [0.2, 0.25) is 11.9 Å². The van der Waals surface area contributed by atoms with E-state index in [2.05, 4.69) is 45.9 Å². The third kappa shape index (κ3) is 4.89. The smallest absolute Gasteiger partial charge is 0.323 e. The van der Waals surface area contributed by atoms with Gasteiger partial charge >= 0.3 is 6.01 Å². The Morgan fingerprint density at radius 1 is 1.05 bits per heavy atom. The summed E-state index contributed by atoms with van der Waals surface area (Å²) >= 11 is 0. The van der Waals surface area contributed by atoms with Crippen LogP contribution in [0, 0.1) is 0 Å². The molecule has 0 bridgehead atoms. The molecule has 6 nitrogen and oxygen atoms in total. The van der Waals surface area contributed by atoms with Crippen LogP contribution < -0.4 is 15.0 Å². The zero-order valence-corrected chi connectivity index (χ0v) is 12.4. The first-order chi connectivity index (χ1) is 9.24. The Balaban J connectivity index is 2.96. The summed E-state index contributed by atoms with van der Waals surface area (Å²) in [6.07, 6.45) is 2.08. The van der Waals surface area contributed by atoms with Crippen molar-refractivity contribution < 1.29 is 4.74 Å².